The molecule has 2 heterocycles. The Morgan fingerprint density at radius 3 is 3.05 bits per heavy atom. The number of nitrogens with one attached hydrogen (secondary N) is 2. The Morgan fingerprint density at radius 2 is 2.16 bits per heavy atom. The van der Waals surface area contributed by atoms with E-state index in [1.807, 2.05) is 24.4 Å². The zero-order chi connectivity index (χ0) is 12.9. The summed E-state index contributed by atoms with van der Waals surface area (Å²) in [6.07, 6.45) is 7.36. The van der Waals surface area contributed by atoms with Gasteiger partial charge in [0, 0.05) is 30.7 Å². The zero-order valence-corrected chi connectivity index (χ0v) is 10.5. The average Bonchev–Trinajstić information content (AvgIpc) is 2.97. The van der Waals surface area contributed by atoms with E-state index < -0.39 is 0 Å². The highest BCUT2D eigenvalue weighted by Crippen LogP contribution is 2.19. The number of aryl methyl sites for hydroxylation is 1. The number of aromatic nitrogens is 4. The Balaban J connectivity index is 1.62. The van der Waals surface area contributed by atoms with Crippen LogP contribution in [0.15, 0.2) is 42.9 Å². The SMILES string of the molecule is c1ccc2c(NCCCc3ncc[nH]3)cnnc2c1. The molecule has 19 heavy (non-hydrogen) atoms. The van der Waals surface area contributed by atoms with Gasteiger partial charge in [0.1, 0.15) is 5.82 Å². The van der Waals surface area contributed by atoms with Crippen molar-refractivity contribution in [1.82, 2.24) is 20.2 Å². The lowest BCUT2D eigenvalue weighted by atomic mass is 10.2. The Hall–Kier alpha value is -2.43. The number of benzene rings is 1. The molecule has 0 saturated heterocycles. The maximum Gasteiger partial charge on any atom is 0.106 e. The fourth-order valence-electron chi connectivity index (χ4n) is 2.06. The fraction of sp³-hybridized carbons (Fsp3) is 0.214. The topological polar surface area (TPSA) is 66.5 Å². The molecule has 0 aliphatic carbocycles. The van der Waals surface area contributed by atoms with Gasteiger partial charge in [-0.1, -0.05) is 18.2 Å². The highest BCUT2D eigenvalue weighted by Gasteiger charge is 2.01. The fourth-order valence-corrected chi connectivity index (χ4v) is 2.06. The van der Waals surface area contributed by atoms with Crippen LogP contribution < -0.4 is 5.32 Å². The molecule has 0 saturated carbocycles. The lowest BCUT2D eigenvalue weighted by Gasteiger charge is -2.07. The zero-order valence-electron chi connectivity index (χ0n) is 10.5. The molecule has 3 aromatic rings. The van der Waals surface area contributed by atoms with E-state index in [9.17, 15) is 0 Å². The van der Waals surface area contributed by atoms with Gasteiger partial charge in [0.25, 0.3) is 0 Å². The standard InChI is InChI=1S/C14H15N5/c1-2-5-12-11(4-1)13(10-18-19-12)15-7-3-6-14-16-8-9-17-14/h1-2,4-5,8-10H,3,6-7H2,(H,15,19)(H,16,17). The minimum Gasteiger partial charge on any atom is -0.383 e. The summed E-state index contributed by atoms with van der Waals surface area (Å²) < 4.78 is 0. The first-order valence-corrected chi connectivity index (χ1v) is 6.36. The number of anilines is 1. The van der Waals surface area contributed by atoms with Gasteiger partial charge in [0.2, 0.25) is 0 Å². The first kappa shape index (κ1) is 11.6. The van der Waals surface area contributed by atoms with Crippen molar-refractivity contribution in [1.29, 1.82) is 0 Å². The van der Waals surface area contributed by atoms with Crippen molar-refractivity contribution in [2.24, 2.45) is 0 Å². The first-order chi connectivity index (χ1) is 9.43. The van der Waals surface area contributed by atoms with Crippen molar-refractivity contribution in [3.05, 3.63) is 48.7 Å². The number of fused-ring (bicyclic) bond motifs is 1. The predicted molar refractivity (Wildman–Crippen MR) is 74.9 cm³/mol. The molecule has 1 aromatic carbocycles. The molecule has 0 atom stereocenters. The first-order valence-electron chi connectivity index (χ1n) is 6.36. The number of hydrogen-bond acceptors (Lipinski definition) is 4. The van der Waals surface area contributed by atoms with E-state index in [1.54, 1.807) is 12.4 Å². The molecule has 0 aliphatic rings. The van der Waals surface area contributed by atoms with Gasteiger partial charge >= 0.3 is 0 Å². The molecule has 2 N–H and O–H groups in total. The summed E-state index contributed by atoms with van der Waals surface area (Å²) in [6, 6.07) is 8.00. The van der Waals surface area contributed by atoms with Gasteiger partial charge in [-0.3, -0.25) is 0 Å². The van der Waals surface area contributed by atoms with Crippen LogP contribution in [0.25, 0.3) is 10.9 Å². The minimum absolute atomic E-state index is 0.885. The van der Waals surface area contributed by atoms with E-state index in [4.69, 9.17) is 0 Å². The minimum atomic E-state index is 0.885. The van der Waals surface area contributed by atoms with Crippen molar-refractivity contribution >= 4 is 16.6 Å². The number of nitrogens with zero attached hydrogens (tertiary/aromatic N) is 3. The quantitative estimate of drug-likeness (QED) is 0.685. The molecule has 2 aromatic heterocycles. The van der Waals surface area contributed by atoms with Crippen LogP contribution in [0.3, 0.4) is 0 Å². The smallest absolute Gasteiger partial charge is 0.106 e. The molecule has 5 heteroatoms. The van der Waals surface area contributed by atoms with Crippen LogP contribution in [0.4, 0.5) is 5.69 Å². The van der Waals surface area contributed by atoms with Gasteiger partial charge in [-0.05, 0) is 12.5 Å². The Kier molecular flexibility index (Phi) is 3.36. The maximum absolute atomic E-state index is 4.21. The summed E-state index contributed by atoms with van der Waals surface area (Å²) in [7, 11) is 0. The lowest BCUT2D eigenvalue weighted by Crippen LogP contribution is -2.05. The Labute approximate surface area is 111 Å². The number of aromatic amines is 1. The molecule has 0 bridgehead atoms. The van der Waals surface area contributed by atoms with Crippen molar-refractivity contribution in [2.45, 2.75) is 12.8 Å². The summed E-state index contributed by atoms with van der Waals surface area (Å²) in [5.41, 5.74) is 1.95. The van der Waals surface area contributed by atoms with Gasteiger partial charge < -0.3 is 10.3 Å². The third-order valence-electron chi connectivity index (χ3n) is 3.01. The Bertz CT molecular complexity index is 643. The molecule has 0 unspecified atom stereocenters. The second kappa shape index (κ2) is 5.48. The van der Waals surface area contributed by atoms with E-state index in [1.165, 1.54) is 0 Å². The van der Waals surface area contributed by atoms with E-state index in [0.29, 0.717) is 0 Å². The number of rotatable bonds is 5. The molecule has 5 nitrogen and oxygen atoms in total. The van der Waals surface area contributed by atoms with Crippen molar-refractivity contribution < 1.29 is 0 Å². The third-order valence-corrected chi connectivity index (χ3v) is 3.01. The third kappa shape index (κ3) is 2.70. The molecule has 0 amide bonds. The average molecular weight is 253 g/mol. The predicted octanol–water partition coefficient (Wildman–Crippen LogP) is 2.40. The van der Waals surface area contributed by atoms with Crippen molar-refractivity contribution in [3.8, 4) is 0 Å². The number of H-pyrrole nitrogens is 1. The van der Waals surface area contributed by atoms with Crippen LogP contribution in [0.5, 0.6) is 0 Å². The number of imidazole rings is 1. The Morgan fingerprint density at radius 1 is 1.21 bits per heavy atom. The van der Waals surface area contributed by atoms with Crippen LogP contribution >= 0.6 is 0 Å². The van der Waals surface area contributed by atoms with Crippen molar-refractivity contribution in [2.75, 3.05) is 11.9 Å². The van der Waals surface area contributed by atoms with Crippen LogP contribution in [0, 0.1) is 0 Å². The molecular weight excluding hydrogens is 238 g/mol. The van der Waals surface area contributed by atoms with E-state index >= 15 is 0 Å². The second-order valence-electron chi connectivity index (χ2n) is 4.34. The maximum atomic E-state index is 4.21. The second-order valence-corrected chi connectivity index (χ2v) is 4.34. The summed E-state index contributed by atoms with van der Waals surface area (Å²) in [5.74, 6) is 1.03. The van der Waals surface area contributed by atoms with Gasteiger partial charge in [-0.25, -0.2) is 4.98 Å². The largest absolute Gasteiger partial charge is 0.383 e. The molecule has 0 radical (unpaired) electrons. The van der Waals surface area contributed by atoms with E-state index in [0.717, 1.165) is 41.8 Å². The highest BCUT2D eigenvalue weighted by atomic mass is 15.1. The normalized spacial score (nSPS) is 10.7. The molecular formula is C14H15N5. The van der Waals surface area contributed by atoms with Crippen LogP contribution in [-0.2, 0) is 6.42 Å². The van der Waals surface area contributed by atoms with Gasteiger partial charge in [0.15, 0.2) is 0 Å². The van der Waals surface area contributed by atoms with E-state index in [-0.39, 0.29) is 0 Å². The molecule has 0 spiro atoms. The van der Waals surface area contributed by atoms with Crippen LogP contribution in [0.2, 0.25) is 0 Å². The van der Waals surface area contributed by atoms with Gasteiger partial charge in [0.05, 0.1) is 17.4 Å². The summed E-state index contributed by atoms with van der Waals surface area (Å²) >= 11 is 0. The van der Waals surface area contributed by atoms with E-state index in [2.05, 4.69) is 31.5 Å². The van der Waals surface area contributed by atoms with Gasteiger partial charge in [-0.15, -0.1) is 0 Å². The summed E-state index contributed by atoms with van der Waals surface area (Å²) in [5, 5.41) is 12.6. The highest BCUT2D eigenvalue weighted by molar-refractivity contribution is 5.90. The van der Waals surface area contributed by atoms with Crippen LogP contribution in [-0.4, -0.2) is 26.7 Å². The summed E-state index contributed by atoms with van der Waals surface area (Å²) in [4.78, 5) is 7.31. The summed E-state index contributed by atoms with van der Waals surface area (Å²) in [6.45, 7) is 0.885. The molecule has 0 fully saturated rings. The monoisotopic (exact) mass is 253 g/mol. The molecule has 0 aliphatic heterocycles. The van der Waals surface area contributed by atoms with Crippen LogP contribution in [0.1, 0.15) is 12.2 Å². The number of hydrogen-bond donors (Lipinski definition) is 2. The van der Waals surface area contributed by atoms with Crippen molar-refractivity contribution in [3.63, 3.8) is 0 Å². The molecule has 3 rings (SSSR count). The lowest BCUT2D eigenvalue weighted by molar-refractivity contribution is 0.816. The van der Waals surface area contributed by atoms with Gasteiger partial charge in [-0.2, -0.15) is 10.2 Å². The molecule has 96 valence electrons.